The number of rotatable bonds is 7. The molecule has 3 rings (SSSR count). The van der Waals surface area contributed by atoms with Gasteiger partial charge in [0.05, 0.1) is 20.3 Å². The van der Waals surface area contributed by atoms with Gasteiger partial charge in [0, 0.05) is 24.2 Å². The standard InChI is InChI=1S/C18H18F2N2O5/c1-25-18(24)13-7-22(6-11-8-26-9-11)21-16(17(13)23)12-4-2-3-5-14(12)27-10-15(19)20/h2-5,7,11,15H,6,8-10H2,1H3. The monoisotopic (exact) mass is 380 g/mol. The van der Waals surface area contributed by atoms with Gasteiger partial charge < -0.3 is 14.2 Å². The van der Waals surface area contributed by atoms with Crippen LogP contribution in [0.4, 0.5) is 8.78 Å². The van der Waals surface area contributed by atoms with Crippen LogP contribution in [0.3, 0.4) is 0 Å². The van der Waals surface area contributed by atoms with Crippen molar-refractivity contribution in [3.63, 3.8) is 0 Å². The van der Waals surface area contributed by atoms with Crippen molar-refractivity contribution in [2.24, 2.45) is 5.92 Å². The van der Waals surface area contributed by atoms with Gasteiger partial charge in [-0.15, -0.1) is 0 Å². The van der Waals surface area contributed by atoms with E-state index in [-0.39, 0.29) is 28.5 Å². The third-order valence-corrected chi connectivity index (χ3v) is 4.03. The predicted molar refractivity (Wildman–Crippen MR) is 91.1 cm³/mol. The minimum Gasteiger partial charge on any atom is -0.487 e. The summed E-state index contributed by atoms with van der Waals surface area (Å²) in [4.78, 5) is 24.8. The summed E-state index contributed by atoms with van der Waals surface area (Å²) in [6, 6.07) is 6.22. The molecular formula is C18H18F2N2O5. The molecule has 0 radical (unpaired) electrons. The second kappa shape index (κ2) is 8.26. The third-order valence-electron chi connectivity index (χ3n) is 4.03. The van der Waals surface area contributed by atoms with Crippen LogP contribution in [0.2, 0.25) is 0 Å². The van der Waals surface area contributed by atoms with Crippen molar-refractivity contribution in [1.82, 2.24) is 9.78 Å². The number of para-hydroxylation sites is 1. The zero-order valence-corrected chi connectivity index (χ0v) is 14.6. The maximum Gasteiger partial charge on any atom is 0.343 e. The Morgan fingerprint density at radius 1 is 1.37 bits per heavy atom. The number of carbonyl (C=O) groups is 1. The van der Waals surface area contributed by atoms with E-state index < -0.39 is 24.4 Å². The number of aromatic nitrogens is 2. The summed E-state index contributed by atoms with van der Waals surface area (Å²) in [6.07, 6.45) is -1.33. The Balaban J connectivity index is 2.07. The van der Waals surface area contributed by atoms with E-state index in [0.29, 0.717) is 19.8 Å². The minimum atomic E-state index is -2.66. The van der Waals surface area contributed by atoms with E-state index in [1.807, 2.05) is 0 Å². The summed E-state index contributed by atoms with van der Waals surface area (Å²) in [5.74, 6) is -0.500. The van der Waals surface area contributed by atoms with Gasteiger partial charge in [0.2, 0.25) is 5.43 Å². The van der Waals surface area contributed by atoms with Gasteiger partial charge in [-0.1, -0.05) is 12.1 Å². The Hall–Kier alpha value is -2.81. The molecule has 2 aromatic rings. The van der Waals surface area contributed by atoms with Crippen molar-refractivity contribution < 1.29 is 27.8 Å². The fourth-order valence-corrected chi connectivity index (χ4v) is 2.66. The molecule has 1 fully saturated rings. The zero-order chi connectivity index (χ0) is 19.4. The van der Waals surface area contributed by atoms with Gasteiger partial charge in [0.1, 0.15) is 23.6 Å². The van der Waals surface area contributed by atoms with E-state index in [2.05, 4.69) is 9.84 Å². The van der Waals surface area contributed by atoms with E-state index in [1.165, 1.54) is 30.1 Å². The number of methoxy groups -OCH3 is 1. The summed E-state index contributed by atoms with van der Waals surface area (Å²) in [7, 11) is 1.17. The molecule has 0 spiro atoms. The van der Waals surface area contributed by atoms with Crippen LogP contribution >= 0.6 is 0 Å². The fourth-order valence-electron chi connectivity index (χ4n) is 2.66. The topological polar surface area (TPSA) is 79.7 Å². The predicted octanol–water partition coefficient (Wildman–Crippen LogP) is 1.99. The lowest BCUT2D eigenvalue weighted by atomic mass is 10.1. The Morgan fingerprint density at radius 2 is 2.11 bits per heavy atom. The molecule has 1 aromatic carbocycles. The van der Waals surface area contributed by atoms with Gasteiger partial charge in [-0.25, -0.2) is 13.6 Å². The first kappa shape index (κ1) is 19.0. The molecule has 0 atom stereocenters. The molecular weight excluding hydrogens is 362 g/mol. The van der Waals surface area contributed by atoms with Crippen LogP contribution in [0.25, 0.3) is 11.3 Å². The molecule has 0 aliphatic carbocycles. The van der Waals surface area contributed by atoms with Crippen molar-refractivity contribution in [2.45, 2.75) is 13.0 Å². The van der Waals surface area contributed by atoms with Crippen LogP contribution in [0.5, 0.6) is 5.75 Å². The average molecular weight is 380 g/mol. The highest BCUT2D eigenvalue weighted by atomic mass is 19.3. The molecule has 27 heavy (non-hydrogen) atoms. The lowest BCUT2D eigenvalue weighted by Crippen LogP contribution is -2.33. The van der Waals surface area contributed by atoms with Crippen molar-refractivity contribution in [2.75, 3.05) is 26.9 Å². The lowest BCUT2D eigenvalue weighted by Gasteiger charge is -2.26. The van der Waals surface area contributed by atoms with Crippen molar-refractivity contribution in [3.05, 3.63) is 46.2 Å². The van der Waals surface area contributed by atoms with E-state index in [4.69, 9.17) is 9.47 Å². The first-order valence-corrected chi connectivity index (χ1v) is 8.27. The Bertz CT molecular complexity index is 880. The van der Waals surface area contributed by atoms with E-state index in [9.17, 15) is 18.4 Å². The molecule has 0 unspecified atom stereocenters. The van der Waals surface area contributed by atoms with E-state index in [1.54, 1.807) is 12.1 Å². The smallest absolute Gasteiger partial charge is 0.343 e. The highest BCUT2D eigenvalue weighted by Gasteiger charge is 2.23. The summed E-state index contributed by atoms with van der Waals surface area (Å²) in [5, 5.41) is 4.30. The Morgan fingerprint density at radius 3 is 2.74 bits per heavy atom. The number of alkyl halides is 2. The number of ether oxygens (including phenoxy) is 3. The summed E-state index contributed by atoms with van der Waals surface area (Å²) in [6.45, 7) is 0.744. The molecule has 0 N–H and O–H groups in total. The van der Waals surface area contributed by atoms with E-state index >= 15 is 0 Å². The molecule has 9 heteroatoms. The van der Waals surface area contributed by atoms with Crippen LogP contribution in [0.1, 0.15) is 10.4 Å². The largest absolute Gasteiger partial charge is 0.487 e. The van der Waals surface area contributed by atoms with Gasteiger partial charge in [-0.05, 0) is 12.1 Å². The second-order valence-electron chi connectivity index (χ2n) is 6.04. The third kappa shape index (κ3) is 4.30. The van der Waals surface area contributed by atoms with Gasteiger partial charge in [0.25, 0.3) is 6.43 Å². The van der Waals surface area contributed by atoms with Crippen LogP contribution in [0, 0.1) is 5.92 Å². The molecule has 2 heterocycles. The SMILES string of the molecule is COC(=O)c1cn(CC2COC2)nc(-c2ccccc2OCC(F)F)c1=O. The number of carbonyl (C=O) groups excluding carboxylic acids is 1. The first-order valence-electron chi connectivity index (χ1n) is 8.27. The lowest BCUT2D eigenvalue weighted by molar-refractivity contribution is -0.0410. The molecule has 144 valence electrons. The van der Waals surface area contributed by atoms with Crippen LogP contribution in [-0.4, -0.2) is 49.1 Å². The van der Waals surface area contributed by atoms with Gasteiger partial charge >= 0.3 is 5.97 Å². The average Bonchev–Trinajstić information content (AvgIpc) is 2.63. The number of halogens is 2. The number of hydrogen-bond acceptors (Lipinski definition) is 6. The number of nitrogens with zero attached hydrogens (tertiary/aromatic N) is 2. The van der Waals surface area contributed by atoms with Gasteiger partial charge in [0.15, 0.2) is 0 Å². The number of benzene rings is 1. The Labute approximate surface area is 153 Å². The number of hydrogen-bond donors (Lipinski definition) is 0. The molecule has 0 bridgehead atoms. The first-order chi connectivity index (χ1) is 13.0. The quantitative estimate of drug-likeness (QED) is 0.684. The summed E-state index contributed by atoms with van der Waals surface area (Å²) >= 11 is 0. The minimum absolute atomic E-state index is 0.0667. The maximum absolute atomic E-state index is 12.8. The molecule has 0 saturated carbocycles. The second-order valence-corrected chi connectivity index (χ2v) is 6.04. The normalized spacial score (nSPS) is 14.1. The summed E-state index contributed by atoms with van der Waals surface area (Å²) < 4.78 is 41.4. The van der Waals surface area contributed by atoms with Crippen molar-refractivity contribution in [1.29, 1.82) is 0 Å². The molecule has 1 aliphatic heterocycles. The highest BCUT2D eigenvalue weighted by Crippen LogP contribution is 2.27. The molecule has 1 aromatic heterocycles. The number of esters is 1. The van der Waals surface area contributed by atoms with E-state index in [0.717, 1.165) is 0 Å². The molecule has 1 aliphatic rings. The summed E-state index contributed by atoms with van der Waals surface area (Å²) in [5.41, 5.74) is -0.682. The van der Waals surface area contributed by atoms with Crippen LogP contribution in [-0.2, 0) is 16.0 Å². The van der Waals surface area contributed by atoms with Crippen molar-refractivity contribution >= 4 is 5.97 Å². The highest BCUT2D eigenvalue weighted by molar-refractivity contribution is 5.90. The van der Waals surface area contributed by atoms with Crippen LogP contribution in [0.15, 0.2) is 35.3 Å². The molecule has 1 saturated heterocycles. The van der Waals surface area contributed by atoms with Gasteiger partial charge in [-0.2, -0.15) is 5.10 Å². The fraction of sp³-hybridized carbons (Fsp3) is 0.389. The molecule has 7 nitrogen and oxygen atoms in total. The zero-order valence-electron chi connectivity index (χ0n) is 14.6. The van der Waals surface area contributed by atoms with Crippen molar-refractivity contribution in [3.8, 4) is 17.0 Å². The Kier molecular flexibility index (Phi) is 5.80. The van der Waals surface area contributed by atoms with Crippen LogP contribution < -0.4 is 10.2 Å². The molecule has 0 amide bonds. The maximum atomic E-state index is 12.8. The van der Waals surface area contributed by atoms with Gasteiger partial charge in [-0.3, -0.25) is 9.48 Å².